The Morgan fingerprint density at radius 1 is 1.06 bits per heavy atom. The van der Waals surface area contributed by atoms with Crippen LogP contribution in [0, 0.1) is 17.1 Å². The quantitative estimate of drug-likeness (QED) is 0.469. The number of rotatable bonds is 10. The molecule has 3 aromatic carbocycles. The third-order valence-electron chi connectivity index (χ3n) is 4.69. The maximum absolute atomic E-state index is 13.1. The van der Waals surface area contributed by atoms with Gasteiger partial charge in [-0.25, -0.2) is 9.18 Å². The van der Waals surface area contributed by atoms with E-state index in [2.05, 4.69) is 5.32 Å². The predicted molar refractivity (Wildman–Crippen MR) is 118 cm³/mol. The first-order valence-corrected chi connectivity index (χ1v) is 10.1. The summed E-state index contributed by atoms with van der Waals surface area (Å²) in [5.74, 6) is -0.394. The smallest absolute Gasteiger partial charge is 0.330 e. The van der Waals surface area contributed by atoms with Crippen LogP contribution in [0.1, 0.15) is 29.7 Å². The van der Waals surface area contributed by atoms with Crippen LogP contribution in [0.25, 0.3) is 0 Å². The number of hydrogen-bond acceptors (Lipinski definition) is 5. The lowest BCUT2D eigenvalue weighted by Crippen LogP contribution is -2.20. The van der Waals surface area contributed by atoms with Gasteiger partial charge in [0.25, 0.3) is 0 Å². The topological polar surface area (TPSA) is 91.6 Å². The molecule has 0 aromatic heterocycles. The zero-order valence-corrected chi connectivity index (χ0v) is 17.5. The van der Waals surface area contributed by atoms with E-state index in [1.54, 1.807) is 54.6 Å². The molecular weight excluding hydrogens is 411 g/mol. The van der Waals surface area contributed by atoms with Gasteiger partial charge in [-0.2, -0.15) is 5.26 Å². The molecule has 0 aliphatic heterocycles. The van der Waals surface area contributed by atoms with Crippen LogP contribution in [0.2, 0.25) is 0 Å². The molecule has 2 N–H and O–H groups in total. The molecule has 0 aliphatic carbocycles. The average molecular weight is 434 g/mol. The van der Waals surface area contributed by atoms with Crippen LogP contribution in [-0.4, -0.2) is 24.3 Å². The molecule has 0 amide bonds. The highest BCUT2D eigenvalue weighted by Crippen LogP contribution is 2.29. The monoisotopic (exact) mass is 434 g/mol. The van der Waals surface area contributed by atoms with Gasteiger partial charge in [0.1, 0.15) is 17.3 Å². The summed E-state index contributed by atoms with van der Waals surface area (Å²) in [6, 6.07) is 18.7. The SMILES string of the molecule is CCOc1cc(OCCc2ccc(F)cc2)cc([C@@H](Nc2ccc(C#N)cc2)C(=O)O)c1. The molecule has 6 nitrogen and oxygen atoms in total. The number of carbonyl (C=O) groups is 1. The van der Waals surface area contributed by atoms with Gasteiger partial charge in [0.05, 0.1) is 24.8 Å². The van der Waals surface area contributed by atoms with E-state index >= 15 is 0 Å². The lowest BCUT2D eigenvalue weighted by atomic mass is 10.1. The molecule has 7 heteroatoms. The average Bonchev–Trinajstić information content (AvgIpc) is 2.79. The van der Waals surface area contributed by atoms with Crippen molar-refractivity contribution in [1.29, 1.82) is 5.26 Å². The molecule has 0 saturated carbocycles. The van der Waals surface area contributed by atoms with E-state index in [0.717, 1.165) is 5.56 Å². The molecule has 0 unspecified atom stereocenters. The minimum atomic E-state index is -1.07. The molecule has 0 fully saturated rings. The minimum Gasteiger partial charge on any atom is -0.494 e. The minimum absolute atomic E-state index is 0.293. The van der Waals surface area contributed by atoms with Gasteiger partial charge < -0.3 is 19.9 Å². The van der Waals surface area contributed by atoms with Crippen molar-refractivity contribution in [1.82, 2.24) is 0 Å². The first-order valence-electron chi connectivity index (χ1n) is 10.1. The lowest BCUT2D eigenvalue weighted by Gasteiger charge is -2.19. The fourth-order valence-corrected chi connectivity index (χ4v) is 3.13. The van der Waals surface area contributed by atoms with Crippen LogP contribution in [0.5, 0.6) is 11.5 Å². The third kappa shape index (κ3) is 6.22. The van der Waals surface area contributed by atoms with Gasteiger partial charge in [0, 0.05) is 18.2 Å². The summed E-state index contributed by atoms with van der Waals surface area (Å²) < 4.78 is 24.5. The molecule has 0 heterocycles. The second-order valence-electron chi connectivity index (χ2n) is 7.00. The summed E-state index contributed by atoms with van der Waals surface area (Å²) >= 11 is 0. The van der Waals surface area contributed by atoms with Crippen LogP contribution in [-0.2, 0) is 11.2 Å². The number of carboxylic acid groups (broad SMARTS) is 1. The van der Waals surface area contributed by atoms with E-state index in [0.29, 0.717) is 47.9 Å². The van der Waals surface area contributed by atoms with Crippen molar-refractivity contribution in [2.24, 2.45) is 0 Å². The molecular formula is C25H23FN2O4. The zero-order chi connectivity index (χ0) is 22.9. The third-order valence-corrected chi connectivity index (χ3v) is 4.69. The molecule has 3 aromatic rings. The standard InChI is InChI=1S/C25H23FN2O4/c1-2-31-22-13-19(24(25(29)30)28-21-9-5-18(16-27)6-10-21)14-23(15-22)32-12-11-17-3-7-20(26)8-4-17/h3-10,13-15,24,28H,2,11-12H2,1H3,(H,29,30)/t24-/m1/s1. The summed E-state index contributed by atoms with van der Waals surface area (Å²) in [6.45, 7) is 2.59. The van der Waals surface area contributed by atoms with Crippen molar-refractivity contribution in [3.05, 3.63) is 89.2 Å². The summed E-state index contributed by atoms with van der Waals surface area (Å²) in [5, 5.41) is 21.7. The Balaban J connectivity index is 1.79. The second-order valence-corrected chi connectivity index (χ2v) is 7.00. The summed E-state index contributed by atoms with van der Waals surface area (Å²) in [5.41, 5.74) is 2.44. The first-order chi connectivity index (χ1) is 15.5. The molecule has 1 atom stereocenters. The number of aliphatic carboxylic acids is 1. The van der Waals surface area contributed by atoms with Gasteiger partial charge in [-0.05, 0) is 66.6 Å². The highest BCUT2D eigenvalue weighted by Gasteiger charge is 2.21. The Morgan fingerprint density at radius 3 is 2.31 bits per heavy atom. The Kier molecular flexibility index (Phi) is 7.65. The van der Waals surface area contributed by atoms with E-state index in [4.69, 9.17) is 14.7 Å². The molecule has 0 spiro atoms. The maximum atomic E-state index is 13.1. The van der Waals surface area contributed by atoms with Crippen molar-refractivity contribution >= 4 is 11.7 Å². The fraction of sp³-hybridized carbons (Fsp3) is 0.200. The van der Waals surface area contributed by atoms with Crippen molar-refractivity contribution in [2.75, 3.05) is 18.5 Å². The largest absolute Gasteiger partial charge is 0.494 e. The van der Waals surface area contributed by atoms with Crippen LogP contribution in [0.3, 0.4) is 0 Å². The van der Waals surface area contributed by atoms with E-state index < -0.39 is 12.0 Å². The molecule has 164 valence electrons. The number of benzene rings is 3. The number of nitrogens with one attached hydrogen (secondary N) is 1. The second kappa shape index (κ2) is 10.8. The summed E-state index contributed by atoms with van der Waals surface area (Å²) in [4.78, 5) is 12.0. The number of anilines is 1. The van der Waals surface area contributed by atoms with Crippen LogP contribution >= 0.6 is 0 Å². The van der Waals surface area contributed by atoms with E-state index in [9.17, 15) is 14.3 Å². The number of halogens is 1. The van der Waals surface area contributed by atoms with E-state index in [-0.39, 0.29) is 5.82 Å². The van der Waals surface area contributed by atoms with Gasteiger partial charge in [0.15, 0.2) is 6.04 Å². The lowest BCUT2D eigenvalue weighted by molar-refractivity contribution is -0.138. The highest BCUT2D eigenvalue weighted by molar-refractivity contribution is 5.79. The Labute approximate surface area is 185 Å². The molecule has 0 aliphatic rings. The molecule has 0 radical (unpaired) electrons. The zero-order valence-electron chi connectivity index (χ0n) is 17.5. The van der Waals surface area contributed by atoms with Crippen molar-refractivity contribution < 1.29 is 23.8 Å². The maximum Gasteiger partial charge on any atom is 0.330 e. The van der Waals surface area contributed by atoms with Crippen LogP contribution < -0.4 is 14.8 Å². The van der Waals surface area contributed by atoms with Gasteiger partial charge in [-0.3, -0.25) is 0 Å². The molecule has 3 rings (SSSR count). The fourth-order valence-electron chi connectivity index (χ4n) is 3.13. The highest BCUT2D eigenvalue weighted by atomic mass is 19.1. The first kappa shape index (κ1) is 22.6. The van der Waals surface area contributed by atoms with Crippen molar-refractivity contribution in [3.8, 4) is 17.6 Å². The summed E-state index contributed by atoms with van der Waals surface area (Å²) in [7, 11) is 0. The number of ether oxygens (including phenoxy) is 2. The number of hydrogen-bond donors (Lipinski definition) is 2. The van der Waals surface area contributed by atoms with Crippen LogP contribution in [0.4, 0.5) is 10.1 Å². The van der Waals surface area contributed by atoms with E-state index in [1.807, 2.05) is 13.0 Å². The van der Waals surface area contributed by atoms with Gasteiger partial charge in [-0.1, -0.05) is 12.1 Å². The van der Waals surface area contributed by atoms with Crippen LogP contribution in [0.15, 0.2) is 66.7 Å². The number of nitriles is 1. The Morgan fingerprint density at radius 2 is 1.72 bits per heavy atom. The Hall–Kier alpha value is -4.05. The van der Waals surface area contributed by atoms with Crippen molar-refractivity contribution in [2.45, 2.75) is 19.4 Å². The molecule has 0 bridgehead atoms. The summed E-state index contributed by atoms with van der Waals surface area (Å²) in [6.07, 6.45) is 0.570. The Bertz CT molecular complexity index is 1090. The number of nitrogens with zero attached hydrogens (tertiary/aromatic N) is 1. The van der Waals surface area contributed by atoms with Crippen molar-refractivity contribution in [3.63, 3.8) is 0 Å². The van der Waals surface area contributed by atoms with E-state index in [1.165, 1.54) is 12.1 Å². The van der Waals surface area contributed by atoms with Gasteiger partial charge in [-0.15, -0.1) is 0 Å². The van der Waals surface area contributed by atoms with Gasteiger partial charge >= 0.3 is 5.97 Å². The molecule has 0 saturated heterocycles. The number of carboxylic acids is 1. The normalized spacial score (nSPS) is 11.3. The van der Waals surface area contributed by atoms with Gasteiger partial charge in [0.2, 0.25) is 0 Å². The molecule has 32 heavy (non-hydrogen) atoms. The predicted octanol–water partition coefficient (Wildman–Crippen LogP) is 4.96.